The molecular weight excluding hydrogens is 316 g/mol. The topological polar surface area (TPSA) is 35.5 Å². The van der Waals surface area contributed by atoms with Gasteiger partial charge in [-0.3, -0.25) is 4.79 Å². The molecule has 0 bridgehead atoms. The fourth-order valence-corrected chi connectivity index (χ4v) is 4.11. The van der Waals surface area contributed by atoms with Gasteiger partial charge in [-0.2, -0.15) is 0 Å². The fraction of sp³-hybridized carbons (Fsp3) is 0.471. The molecule has 0 spiro atoms. The number of alkyl halides is 1. The Morgan fingerprint density at radius 3 is 2.41 bits per heavy atom. The lowest BCUT2D eigenvalue weighted by molar-refractivity contribution is -0.117. The average Bonchev–Trinajstić information content (AvgIpc) is 2.43. The second kappa shape index (κ2) is 6.98. The lowest BCUT2D eigenvalue weighted by Gasteiger charge is -2.32. The number of benzene rings is 1. The van der Waals surface area contributed by atoms with Gasteiger partial charge in [0.2, 0.25) is 0 Å². The van der Waals surface area contributed by atoms with E-state index in [-0.39, 0.29) is 11.9 Å². The van der Waals surface area contributed by atoms with E-state index < -0.39 is 13.7 Å². The van der Waals surface area contributed by atoms with E-state index in [0.29, 0.717) is 12.8 Å². The Morgan fingerprint density at radius 1 is 1.23 bits per heavy atom. The average molecular weight is 339 g/mol. The predicted molar refractivity (Wildman–Crippen MR) is 93.1 cm³/mol. The lowest BCUT2D eigenvalue weighted by Crippen LogP contribution is -2.39. The summed E-state index contributed by atoms with van der Waals surface area (Å²) in [5.74, 6) is 0.820. The van der Waals surface area contributed by atoms with Crippen LogP contribution in [-0.4, -0.2) is 32.7 Å². The summed E-state index contributed by atoms with van der Waals surface area (Å²) < 4.78 is 11.3. The number of halogens is 1. The predicted octanol–water partition coefficient (Wildman–Crippen LogP) is 4.27. The molecule has 0 N–H and O–H groups in total. The Kier molecular flexibility index (Phi) is 5.48. The highest BCUT2D eigenvalue weighted by molar-refractivity contribution is 6.69. The van der Waals surface area contributed by atoms with Gasteiger partial charge in [0.25, 0.3) is 0 Å². The SMILES string of the molecule is COc1ccc(C=C2CC(O[Si](C)(C)C)CC(Cl)C2=O)cc1. The first-order chi connectivity index (χ1) is 10.3. The van der Waals surface area contributed by atoms with Gasteiger partial charge in [0.1, 0.15) is 5.75 Å². The summed E-state index contributed by atoms with van der Waals surface area (Å²) in [6, 6.07) is 7.64. The molecular formula is C17H23ClO3Si. The molecule has 0 radical (unpaired) electrons. The second-order valence-electron chi connectivity index (χ2n) is 6.57. The highest BCUT2D eigenvalue weighted by atomic mass is 35.5. The minimum atomic E-state index is -1.64. The maximum absolute atomic E-state index is 12.3. The molecule has 1 fully saturated rings. The normalized spacial score (nSPS) is 24.6. The Balaban J connectivity index is 2.18. The van der Waals surface area contributed by atoms with Crippen LogP contribution in [0.5, 0.6) is 5.75 Å². The molecule has 1 aliphatic rings. The van der Waals surface area contributed by atoms with Crippen LogP contribution in [0.2, 0.25) is 19.6 Å². The van der Waals surface area contributed by atoms with Crippen LogP contribution in [0.1, 0.15) is 18.4 Å². The van der Waals surface area contributed by atoms with Crippen LogP contribution >= 0.6 is 11.6 Å². The molecule has 2 atom stereocenters. The van der Waals surface area contributed by atoms with Crippen LogP contribution in [0.4, 0.5) is 0 Å². The van der Waals surface area contributed by atoms with E-state index in [0.717, 1.165) is 16.9 Å². The Morgan fingerprint density at radius 2 is 1.86 bits per heavy atom. The van der Waals surface area contributed by atoms with Gasteiger partial charge in [-0.25, -0.2) is 0 Å². The monoisotopic (exact) mass is 338 g/mol. The van der Waals surface area contributed by atoms with Gasteiger partial charge in [0.15, 0.2) is 14.1 Å². The summed E-state index contributed by atoms with van der Waals surface area (Å²) in [4.78, 5) is 12.3. The highest BCUT2D eigenvalue weighted by Gasteiger charge is 2.33. The number of methoxy groups -OCH3 is 1. The number of rotatable bonds is 4. The van der Waals surface area contributed by atoms with Crippen molar-refractivity contribution in [3.05, 3.63) is 35.4 Å². The molecule has 22 heavy (non-hydrogen) atoms. The maximum Gasteiger partial charge on any atom is 0.184 e. The number of hydrogen-bond acceptors (Lipinski definition) is 3. The van der Waals surface area contributed by atoms with Gasteiger partial charge < -0.3 is 9.16 Å². The third-order valence-electron chi connectivity index (χ3n) is 3.50. The lowest BCUT2D eigenvalue weighted by atomic mass is 9.89. The third kappa shape index (κ3) is 4.70. The largest absolute Gasteiger partial charge is 0.497 e. The highest BCUT2D eigenvalue weighted by Crippen LogP contribution is 2.30. The summed E-state index contributed by atoms with van der Waals surface area (Å²) in [7, 11) is -0.0105. The molecule has 2 rings (SSSR count). The van der Waals surface area contributed by atoms with E-state index in [1.54, 1.807) is 7.11 Å². The molecule has 1 aliphatic carbocycles. The van der Waals surface area contributed by atoms with Crippen molar-refractivity contribution in [2.75, 3.05) is 7.11 Å². The van der Waals surface area contributed by atoms with Gasteiger partial charge in [-0.1, -0.05) is 12.1 Å². The quantitative estimate of drug-likeness (QED) is 0.467. The van der Waals surface area contributed by atoms with E-state index in [4.69, 9.17) is 20.8 Å². The van der Waals surface area contributed by atoms with Crippen molar-refractivity contribution in [2.45, 2.75) is 44.0 Å². The van der Waals surface area contributed by atoms with Crippen LogP contribution in [0.25, 0.3) is 6.08 Å². The summed E-state index contributed by atoms with van der Waals surface area (Å²) in [5, 5.41) is -0.486. The number of Topliss-reactive ketones (excluding diaryl/α,β-unsaturated/α-hetero) is 1. The standard InChI is InChI=1S/C17H23ClO3Si/c1-20-14-7-5-12(6-8-14)9-13-10-15(21-22(2,3)4)11-16(18)17(13)19/h5-9,15-16H,10-11H2,1-4H3. The van der Waals surface area contributed by atoms with Crippen LogP contribution < -0.4 is 4.74 Å². The van der Waals surface area contributed by atoms with E-state index in [1.165, 1.54) is 0 Å². The maximum atomic E-state index is 12.3. The Hall–Kier alpha value is -1.10. The van der Waals surface area contributed by atoms with Crippen LogP contribution in [0.15, 0.2) is 29.8 Å². The number of ketones is 1. The number of ether oxygens (including phenoxy) is 1. The molecule has 1 saturated carbocycles. The van der Waals surface area contributed by atoms with Crippen molar-refractivity contribution >= 4 is 31.8 Å². The van der Waals surface area contributed by atoms with E-state index in [9.17, 15) is 4.79 Å². The van der Waals surface area contributed by atoms with E-state index in [2.05, 4.69) is 19.6 Å². The molecule has 1 aromatic rings. The van der Waals surface area contributed by atoms with Gasteiger partial charge in [-0.05, 0) is 55.4 Å². The fourth-order valence-electron chi connectivity index (χ4n) is 2.59. The minimum absolute atomic E-state index is 0.0212. The smallest absolute Gasteiger partial charge is 0.184 e. The summed E-state index contributed by atoms with van der Waals surface area (Å²) in [6.07, 6.45) is 3.19. The number of carbonyl (C=O) groups is 1. The molecule has 0 saturated heterocycles. The number of hydrogen-bond donors (Lipinski definition) is 0. The van der Waals surface area contributed by atoms with Crippen molar-refractivity contribution in [3.8, 4) is 5.75 Å². The van der Waals surface area contributed by atoms with Crippen molar-refractivity contribution in [1.29, 1.82) is 0 Å². The molecule has 0 amide bonds. The summed E-state index contributed by atoms with van der Waals surface area (Å²) in [6.45, 7) is 6.46. The molecule has 3 nitrogen and oxygen atoms in total. The first kappa shape index (κ1) is 17.3. The van der Waals surface area contributed by atoms with Crippen LogP contribution in [0.3, 0.4) is 0 Å². The van der Waals surface area contributed by atoms with Gasteiger partial charge >= 0.3 is 0 Å². The molecule has 120 valence electrons. The zero-order valence-corrected chi connectivity index (χ0v) is 15.3. The van der Waals surface area contributed by atoms with E-state index >= 15 is 0 Å². The molecule has 5 heteroatoms. The minimum Gasteiger partial charge on any atom is -0.497 e. The molecule has 0 heterocycles. The van der Waals surface area contributed by atoms with Crippen LogP contribution in [-0.2, 0) is 9.22 Å². The van der Waals surface area contributed by atoms with E-state index in [1.807, 2.05) is 30.3 Å². The second-order valence-corrected chi connectivity index (χ2v) is 11.6. The zero-order chi connectivity index (χ0) is 16.3. The summed E-state index contributed by atoms with van der Waals surface area (Å²) >= 11 is 6.22. The molecule has 0 aliphatic heterocycles. The third-order valence-corrected chi connectivity index (χ3v) is 4.91. The molecule has 1 aromatic carbocycles. The zero-order valence-electron chi connectivity index (χ0n) is 13.6. The first-order valence-electron chi connectivity index (χ1n) is 7.49. The Labute approximate surface area is 138 Å². The van der Waals surface area contributed by atoms with Crippen LogP contribution in [0, 0.1) is 0 Å². The van der Waals surface area contributed by atoms with Crippen molar-refractivity contribution in [2.24, 2.45) is 0 Å². The van der Waals surface area contributed by atoms with Crippen molar-refractivity contribution in [3.63, 3.8) is 0 Å². The van der Waals surface area contributed by atoms with Crippen molar-refractivity contribution in [1.82, 2.24) is 0 Å². The molecule has 2 unspecified atom stereocenters. The van der Waals surface area contributed by atoms with Gasteiger partial charge in [0.05, 0.1) is 18.6 Å². The Bertz CT molecular complexity index is 560. The summed E-state index contributed by atoms with van der Waals surface area (Å²) in [5.41, 5.74) is 1.72. The van der Waals surface area contributed by atoms with Gasteiger partial charge in [-0.15, -0.1) is 11.6 Å². The first-order valence-corrected chi connectivity index (χ1v) is 11.3. The van der Waals surface area contributed by atoms with Gasteiger partial charge in [0, 0.05) is 6.42 Å². The number of carbonyl (C=O) groups excluding carboxylic acids is 1. The molecule has 0 aromatic heterocycles. The van der Waals surface area contributed by atoms with Crippen molar-refractivity contribution < 1.29 is 14.0 Å².